The highest BCUT2D eigenvalue weighted by Gasteiger charge is 2.13. The van der Waals surface area contributed by atoms with Crippen molar-refractivity contribution in [3.05, 3.63) is 35.4 Å². The first-order valence-electron chi connectivity index (χ1n) is 6.34. The molecule has 0 aliphatic heterocycles. The maximum atomic E-state index is 12.0. The molecule has 2 nitrogen and oxygen atoms in total. The van der Waals surface area contributed by atoms with Gasteiger partial charge in [0.1, 0.15) is 0 Å². The summed E-state index contributed by atoms with van der Waals surface area (Å²) < 4.78 is 0. The highest BCUT2D eigenvalue weighted by atomic mass is 16.1. The van der Waals surface area contributed by atoms with Crippen LogP contribution in [0.1, 0.15) is 42.6 Å². The molecule has 0 bridgehead atoms. The second kappa shape index (κ2) is 6.55. The van der Waals surface area contributed by atoms with Gasteiger partial charge in [-0.2, -0.15) is 0 Å². The van der Waals surface area contributed by atoms with Crippen molar-refractivity contribution in [1.82, 2.24) is 4.90 Å². The molecule has 0 fully saturated rings. The van der Waals surface area contributed by atoms with Crippen molar-refractivity contribution in [2.24, 2.45) is 0 Å². The van der Waals surface area contributed by atoms with Gasteiger partial charge in [0.2, 0.25) is 0 Å². The minimum Gasteiger partial charge on any atom is -0.296 e. The number of nitrogens with zero attached hydrogens (tertiary/aromatic N) is 1. The topological polar surface area (TPSA) is 20.3 Å². The Morgan fingerprint density at radius 3 is 2.41 bits per heavy atom. The zero-order valence-electron chi connectivity index (χ0n) is 11.4. The Morgan fingerprint density at radius 1 is 1.29 bits per heavy atom. The van der Waals surface area contributed by atoms with Crippen molar-refractivity contribution in [3.8, 4) is 0 Å². The SMILES string of the molecule is CCCC(C)N(C)CC(=O)c1ccc(C)cc1. The van der Waals surface area contributed by atoms with E-state index in [0.717, 1.165) is 18.4 Å². The second-order valence-corrected chi connectivity index (χ2v) is 4.84. The van der Waals surface area contributed by atoms with Gasteiger partial charge in [0.05, 0.1) is 6.54 Å². The number of benzene rings is 1. The van der Waals surface area contributed by atoms with E-state index in [1.54, 1.807) is 0 Å². The van der Waals surface area contributed by atoms with Crippen LogP contribution in [0.3, 0.4) is 0 Å². The number of Topliss-reactive ketones (excluding diaryl/α,β-unsaturated/α-hetero) is 1. The molecule has 0 aliphatic carbocycles. The molecule has 0 aliphatic rings. The molecular formula is C15H23NO. The molecule has 94 valence electrons. The Balaban J connectivity index is 2.57. The van der Waals surface area contributed by atoms with E-state index >= 15 is 0 Å². The monoisotopic (exact) mass is 233 g/mol. The van der Waals surface area contributed by atoms with Crippen molar-refractivity contribution >= 4 is 5.78 Å². The molecule has 0 amide bonds. The fourth-order valence-corrected chi connectivity index (χ4v) is 1.85. The van der Waals surface area contributed by atoms with Crippen LogP contribution in [0.25, 0.3) is 0 Å². The molecule has 0 saturated heterocycles. The van der Waals surface area contributed by atoms with Gasteiger partial charge in [0.25, 0.3) is 0 Å². The molecule has 1 aromatic carbocycles. The third kappa shape index (κ3) is 4.31. The predicted molar refractivity (Wildman–Crippen MR) is 72.5 cm³/mol. The molecule has 17 heavy (non-hydrogen) atoms. The first kappa shape index (κ1) is 13.9. The number of carbonyl (C=O) groups is 1. The van der Waals surface area contributed by atoms with Crippen molar-refractivity contribution in [2.75, 3.05) is 13.6 Å². The Labute approximate surface area is 105 Å². The summed E-state index contributed by atoms with van der Waals surface area (Å²) in [5.41, 5.74) is 2.00. The van der Waals surface area contributed by atoms with Crippen LogP contribution in [0.4, 0.5) is 0 Å². The molecule has 1 unspecified atom stereocenters. The number of ketones is 1. The normalized spacial score (nSPS) is 12.8. The van der Waals surface area contributed by atoms with E-state index in [1.807, 2.05) is 38.2 Å². The van der Waals surface area contributed by atoms with E-state index in [0.29, 0.717) is 12.6 Å². The Morgan fingerprint density at radius 2 is 1.88 bits per heavy atom. The molecule has 0 saturated carbocycles. The highest BCUT2D eigenvalue weighted by molar-refractivity contribution is 5.97. The van der Waals surface area contributed by atoms with Gasteiger partial charge >= 0.3 is 0 Å². The van der Waals surface area contributed by atoms with Crippen LogP contribution in [-0.4, -0.2) is 30.3 Å². The number of hydrogen-bond acceptors (Lipinski definition) is 2. The van der Waals surface area contributed by atoms with E-state index < -0.39 is 0 Å². The number of carbonyl (C=O) groups excluding carboxylic acids is 1. The fourth-order valence-electron chi connectivity index (χ4n) is 1.85. The third-order valence-electron chi connectivity index (χ3n) is 3.23. The quantitative estimate of drug-likeness (QED) is 0.703. The lowest BCUT2D eigenvalue weighted by Gasteiger charge is -2.23. The first-order chi connectivity index (χ1) is 8.04. The Hall–Kier alpha value is -1.15. The van der Waals surface area contributed by atoms with Crippen LogP contribution in [0.2, 0.25) is 0 Å². The van der Waals surface area contributed by atoms with Crippen LogP contribution >= 0.6 is 0 Å². The fraction of sp³-hybridized carbons (Fsp3) is 0.533. The van der Waals surface area contributed by atoms with Gasteiger partial charge < -0.3 is 0 Å². The molecule has 1 aromatic rings. The summed E-state index contributed by atoms with van der Waals surface area (Å²) in [7, 11) is 2.02. The van der Waals surface area contributed by atoms with Crippen molar-refractivity contribution in [3.63, 3.8) is 0 Å². The van der Waals surface area contributed by atoms with E-state index in [2.05, 4.69) is 18.7 Å². The second-order valence-electron chi connectivity index (χ2n) is 4.84. The lowest BCUT2D eigenvalue weighted by atomic mass is 10.1. The lowest BCUT2D eigenvalue weighted by molar-refractivity contribution is 0.0921. The summed E-state index contributed by atoms with van der Waals surface area (Å²) in [4.78, 5) is 14.2. The summed E-state index contributed by atoms with van der Waals surface area (Å²) in [6.07, 6.45) is 2.29. The van der Waals surface area contributed by atoms with Gasteiger partial charge in [0.15, 0.2) is 5.78 Å². The van der Waals surface area contributed by atoms with E-state index in [9.17, 15) is 4.79 Å². The molecule has 0 radical (unpaired) electrons. The van der Waals surface area contributed by atoms with Crippen molar-refractivity contribution < 1.29 is 4.79 Å². The summed E-state index contributed by atoms with van der Waals surface area (Å²) >= 11 is 0. The molecule has 1 atom stereocenters. The predicted octanol–water partition coefficient (Wildman–Crippen LogP) is 3.30. The number of rotatable bonds is 6. The average molecular weight is 233 g/mol. The van der Waals surface area contributed by atoms with Gasteiger partial charge in [-0.25, -0.2) is 0 Å². The van der Waals surface area contributed by atoms with Crippen LogP contribution in [0, 0.1) is 6.92 Å². The Kier molecular flexibility index (Phi) is 5.36. The first-order valence-corrected chi connectivity index (χ1v) is 6.34. The molecule has 2 heteroatoms. The van der Waals surface area contributed by atoms with Crippen LogP contribution in [-0.2, 0) is 0 Å². The largest absolute Gasteiger partial charge is 0.296 e. The van der Waals surface area contributed by atoms with Gasteiger partial charge in [-0.15, -0.1) is 0 Å². The van der Waals surface area contributed by atoms with Crippen LogP contribution < -0.4 is 0 Å². The van der Waals surface area contributed by atoms with Crippen LogP contribution in [0.5, 0.6) is 0 Å². The molecule has 0 heterocycles. The summed E-state index contributed by atoms with van der Waals surface area (Å²) in [6, 6.07) is 8.27. The summed E-state index contributed by atoms with van der Waals surface area (Å²) in [6.45, 7) is 6.88. The molecular weight excluding hydrogens is 210 g/mol. The van der Waals surface area contributed by atoms with Gasteiger partial charge in [-0.05, 0) is 27.3 Å². The summed E-state index contributed by atoms with van der Waals surface area (Å²) in [5, 5.41) is 0. The van der Waals surface area contributed by atoms with Gasteiger partial charge in [0, 0.05) is 11.6 Å². The van der Waals surface area contributed by atoms with E-state index in [-0.39, 0.29) is 5.78 Å². The number of aryl methyl sites for hydroxylation is 1. The lowest BCUT2D eigenvalue weighted by Crippen LogP contribution is -2.33. The van der Waals surface area contributed by atoms with Crippen LogP contribution in [0.15, 0.2) is 24.3 Å². The molecule has 0 spiro atoms. The van der Waals surface area contributed by atoms with Gasteiger partial charge in [-0.1, -0.05) is 43.2 Å². The highest BCUT2D eigenvalue weighted by Crippen LogP contribution is 2.08. The smallest absolute Gasteiger partial charge is 0.176 e. The number of hydrogen-bond donors (Lipinski definition) is 0. The average Bonchev–Trinajstić information content (AvgIpc) is 2.30. The molecule has 0 aromatic heterocycles. The van der Waals surface area contributed by atoms with E-state index in [4.69, 9.17) is 0 Å². The van der Waals surface area contributed by atoms with E-state index in [1.165, 1.54) is 5.56 Å². The third-order valence-corrected chi connectivity index (χ3v) is 3.23. The zero-order chi connectivity index (χ0) is 12.8. The molecule has 0 N–H and O–H groups in total. The minimum absolute atomic E-state index is 0.204. The summed E-state index contributed by atoms with van der Waals surface area (Å²) in [5.74, 6) is 0.204. The standard InChI is InChI=1S/C15H23NO/c1-5-6-13(3)16(4)11-15(17)14-9-7-12(2)8-10-14/h7-10,13H,5-6,11H2,1-4H3. The minimum atomic E-state index is 0.204. The Bertz CT molecular complexity index is 356. The number of likely N-dealkylation sites (N-methyl/N-ethyl adjacent to an activating group) is 1. The zero-order valence-corrected chi connectivity index (χ0v) is 11.4. The maximum absolute atomic E-state index is 12.0. The molecule has 1 rings (SSSR count). The van der Waals surface area contributed by atoms with Crippen molar-refractivity contribution in [1.29, 1.82) is 0 Å². The maximum Gasteiger partial charge on any atom is 0.176 e. The van der Waals surface area contributed by atoms with Gasteiger partial charge in [-0.3, -0.25) is 9.69 Å². The van der Waals surface area contributed by atoms with Crippen molar-refractivity contribution in [2.45, 2.75) is 39.7 Å².